The molecule has 7 aromatic carbocycles. The van der Waals surface area contributed by atoms with Crippen molar-refractivity contribution in [3.8, 4) is 62.5 Å². The number of benzene rings is 7. The van der Waals surface area contributed by atoms with Gasteiger partial charge in [0.2, 0.25) is 0 Å². The van der Waals surface area contributed by atoms with Crippen molar-refractivity contribution in [2.75, 3.05) is 0 Å². The molecule has 0 N–H and O–H groups in total. The molecule has 12 rings (SSSR count). The fourth-order valence-corrected chi connectivity index (χ4v) is 10.9. The van der Waals surface area contributed by atoms with Crippen LogP contribution in [0.25, 0.3) is 78.0 Å². The monoisotopic (exact) mass is 720 g/mol. The van der Waals surface area contributed by atoms with E-state index in [0.29, 0.717) is 28.5 Å². The zero-order valence-corrected chi connectivity index (χ0v) is 31.2. The zero-order valence-electron chi connectivity index (χ0n) is 31.2. The maximum absolute atomic E-state index is 9.52. The molecule has 4 aliphatic carbocycles. The fraction of sp³-hybridized carbons (Fsp3) is 0.192. The van der Waals surface area contributed by atoms with Crippen LogP contribution in [0.5, 0.6) is 0 Å². The molecule has 4 nitrogen and oxygen atoms in total. The van der Waals surface area contributed by atoms with E-state index in [1.165, 1.54) is 60.6 Å². The second kappa shape index (κ2) is 13.1. The lowest BCUT2D eigenvalue weighted by Crippen LogP contribution is -2.48. The van der Waals surface area contributed by atoms with Gasteiger partial charge in [-0.3, -0.25) is 0 Å². The van der Waals surface area contributed by atoms with E-state index in [-0.39, 0.29) is 0 Å². The van der Waals surface area contributed by atoms with Crippen molar-refractivity contribution in [1.29, 1.82) is 5.26 Å². The van der Waals surface area contributed by atoms with Gasteiger partial charge in [-0.25, -0.2) is 15.0 Å². The summed E-state index contributed by atoms with van der Waals surface area (Å²) in [6.45, 7) is 0. The molecule has 4 heteroatoms. The first kappa shape index (κ1) is 32.9. The molecule has 1 aromatic heterocycles. The van der Waals surface area contributed by atoms with Crippen LogP contribution in [-0.2, 0) is 5.41 Å². The summed E-state index contributed by atoms with van der Waals surface area (Å²) in [6, 6.07) is 55.8. The van der Waals surface area contributed by atoms with E-state index in [0.717, 1.165) is 61.7 Å². The van der Waals surface area contributed by atoms with Gasteiger partial charge in [-0.05, 0) is 135 Å². The number of fused-ring (bicyclic) bond motifs is 2. The molecule has 0 aliphatic heterocycles. The van der Waals surface area contributed by atoms with Crippen LogP contribution < -0.4 is 0 Å². The van der Waals surface area contributed by atoms with E-state index in [1.54, 1.807) is 0 Å². The van der Waals surface area contributed by atoms with Crippen LogP contribution in [0, 0.1) is 29.1 Å². The van der Waals surface area contributed by atoms with Crippen molar-refractivity contribution >= 4 is 21.5 Å². The highest BCUT2D eigenvalue weighted by Crippen LogP contribution is 2.60. The lowest BCUT2D eigenvalue weighted by atomic mass is 9.48. The summed E-state index contributed by atoms with van der Waals surface area (Å²) in [5.74, 6) is 4.67. The Morgan fingerprint density at radius 2 is 1.02 bits per heavy atom. The Balaban J connectivity index is 1.04. The van der Waals surface area contributed by atoms with Crippen molar-refractivity contribution in [3.63, 3.8) is 0 Å². The lowest BCUT2D eigenvalue weighted by molar-refractivity contribution is -0.00518. The number of aromatic nitrogens is 3. The number of hydrogen-bond donors (Lipinski definition) is 0. The van der Waals surface area contributed by atoms with Crippen molar-refractivity contribution in [1.82, 2.24) is 15.0 Å². The predicted molar refractivity (Wildman–Crippen MR) is 227 cm³/mol. The van der Waals surface area contributed by atoms with E-state index in [9.17, 15) is 5.26 Å². The average Bonchev–Trinajstić information content (AvgIpc) is 3.25. The van der Waals surface area contributed by atoms with Crippen LogP contribution in [-0.4, -0.2) is 15.0 Å². The topological polar surface area (TPSA) is 62.5 Å². The van der Waals surface area contributed by atoms with Gasteiger partial charge >= 0.3 is 0 Å². The van der Waals surface area contributed by atoms with Crippen LogP contribution in [0.15, 0.2) is 152 Å². The number of nitriles is 1. The largest absolute Gasteiger partial charge is 0.208 e. The van der Waals surface area contributed by atoms with Gasteiger partial charge in [-0.2, -0.15) is 5.26 Å². The molecular weight excluding hydrogens is 681 g/mol. The minimum absolute atomic E-state index is 0.336. The smallest absolute Gasteiger partial charge is 0.164 e. The molecule has 0 spiro atoms. The maximum Gasteiger partial charge on any atom is 0.164 e. The first-order chi connectivity index (χ1) is 27.6. The normalized spacial score (nSPS) is 21.0. The molecule has 0 amide bonds. The quantitative estimate of drug-likeness (QED) is 0.172. The second-order valence-corrected chi connectivity index (χ2v) is 16.6. The molecule has 0 saturated heterocycles. The molecule has 0 radical (unpaired) electrons. The van der Waals surface area contributed by atoms with Crippen molar-refractivity contribution in [3.05, 3.63) is 163 Å². The van der Waals surface area contributed by atoms with E-state index in [1.807, 2.05) is 18.2 Å². The Hall–Kier alpha value is -6.44. The Morgan fingerprint density at radius 3 is 1.71 bits per heavy atom. The maximum atomic E-state index is 9.52. The Bertz CT molecular complexity index is 2810. The molecular formula is C52H40N4. The van der Waals surface area contributed by atoms with Crippen LogP contribution in [0.2, 0.25) is 0 Å². The molecule has 4 saturated carbocycles. The minimum atomic E-state index is 0.336. The molecule has 268 valence electrons. The first-order valence-corrected chi connectivity index (χ1v) is 20.1. The summed E-state index contributed by atoms with van der Waals surface area (Å²) < 4.78 is 0. The Kier molecular flexibility index (Phi) is 7.71. The zero-order chi connectivity index (χ0) is 37.2. The summed E-state index contributed by atoms with van der Waals surface area (Å²) in [5.41, 5.74) is 9.92. The predicted octanol–water partition coefficient (Wildman–Crippen LogP) is 12.9. The lowest BCUT2D eigenvalue weighted by Gasteiger charge is -2.57. The van der Waals surface area contributed by atoms with E-state index >= 15 is 0 Å². The average molecular weight is 721 g/mol. The standard InChI is InChI=1S/C52H40N4/c53-32-33-15-22-47-40(26-33)11-6-14-46(47)41-10-4-12-42(27-41)50-54-49(39-18-20-44(21-19-39)52-29-34-23-35(30-52)25-36(24-34)31-52)55-51(56-50)43-17-16-38-9-5-13-45(48(38)28-43)37-7-2-1-3-8-37/h1-22,26-28,34-36H,23-25,29-31H2. The van der Waals surface area contributed by atoms with Crippen molar-refractivity contribution < 1.29 is 0 Å². The third-order valence-corrected chi connectivity index (χ3v) is 13.1. The van der Waals surface area contributed by atoms with Gasteiger partial charge in [0.05, 0.1) is 11.6 Å². The number of nitrogens with zero attached hydrogens (tertiary/aromatic N) is 4. The summed E-state index contributed by atoms with van der Waals surface area (Å²) in [4.78, 5) is 15.6. The highest BCUT2D eigenvalue weighted by atomic mass is 15.0. The summed E-state index contributed by atoms with van der Waals surface area (Å²) >= 11 is 0. The molecule has 4 bridgehead atoms. The van der Waals surface area contributed by atoms with Gasteiger partial charge < -0.3 is 0 Å². The van der Waals surface area contributed by atoms with Gasteiger partial charge in [-0.1, -0.05) is 127 Å². The SMILES string of the molecule is N#Cc1ccc2c(-c3cccc(-c4nc(-c5ccc(C67CC8CC(CC(C8)C6)C7)cc5)nc(-c5ccc6cccc(-c7ccccc7)c6c5)n4)c3)cccc2c1. The fourth-order valence-electron chi connectivity index (χ4n) is 10.9. The van der Waals surface area contributed by atoms with Gasteiger partial charge in [0.25, 0.3) is 0 Å². The molecule has 0 unspecified atom stereocenters. The highest BCUT2D eigenvalue weighted by Gasteiger charge is 2.51. The summed E-state index contributed by atoms with van der Waals surface area (Å²) in [7, 11) is 0. The van der Waals surface area contributed by atoms with E-state index in [4.69, 9.17) is 15.0 Å². The molecule has 0 atom stereocenters. The van der Waals surface area contributed by atoms with Gasteiger partial charge in [-0.15, -0.1) is 0 Å². The van der Waals surface area contributed by atoms with Gasteiger partial charge in [0.1, 0.15) is 0 Å². The number of hydrogen-bond acceptors (Lipinski definition) is 4. The molecule has 4 fully saturated rings. The molecule has 56 heavy (non-hydrogen) atoms. The molecule has 4 aliphatic rings. The molecule has 1 heterocycles. The minimum Gasteiger partial charge on any atom is -0.208 e. The van der Waals surface area contributed by atoms with E-state index < -0.39 is 0 Å². The third-order valence-electron chi connectivity index (χ3n) is 13.1. The second-order valence-electron chi connectivity index (χ2n) is 16.6. The van der Waals surface area contributed by atoms with Crippen LogP contribution in [0.1, 0.15) is 49.7 Å². The van der Waals surface area contributed by atoms with Gasteiger partial charge in [0, 0.05) is 16.7 Å². The van der Waals surface area contributed by atoms with Crippen LogP contribution in [0.4, 0.5) is 0 Å². The van der Waals surface area contributed by atoms with Gasteiger partial charge in [0.15, 0.2) is 17.5 Å². The van der Waals surface area contributed by atoms with E-state index in [2.05, 4.69) is 140 Å². The van der Waals surface area contributed by atoms with Crippen molar-refractivity contribution in [2.45, 2.75) is 43.9 Å². The third kappa shape index (κ3) is 5.69. The summed E-state index contributed by atoms with van der Waals surface area (Å²) in [6.07, 6.45) is 8.37. The first-order valence-electron chi connectivity index (χ1n) is 20.1. The molecule has 8 aromatic rings. The van der Waals surface area contributed by atoms with Crippen molar-refractivity contribution in [2.24, 2.45) is 17.8 Å². The Morgan fingerprint density at radius 1 is 0.446 bits per heavy atom. The highest BCUT2D eigenvalue weighted by molar-refractivity contribution is 5.99. The van der Waals surface area contributed by atoms with Crippen LogP contribution >= 0.6 is 0 Å². The number of rotatable bonds is 6. The van der Waals surface area contributed by atoms with Crippen LogP contribution in [0.3, 0.4) is 0 Å². The summed E-state index contributed by atoms with van der Waals surface area (Å²) in [5, 5.41) is 14.0. The Labute approximate surface area is 327 Å².